The first-order chi connectivity index (χ1) is 16.5. The summed E-state index contributed by atoms with van der Waals surface area (Å²) in [6.07, 6.45) is 8.76. The number of pyridine rings is 1. The minimum absolute atomic E-state index is 0.0329. The third-order valence-electron chi connectivity index (χ3n) is 7.29. The highest BCUT2D eigenvalue weighted by molar-refractivity contribution is 6.04. The lowest BCUT2D eigenvalue weighted by Crippen LogP contribution is -2.36. The SMILES string of the molecule is COc1ccc(C2CC(=O)C3=C(C2)NC(C)=C(C(=O)OC2CCCC2)C3c2cc[nH+]cc2)cc1. The number of carbonyl (C=O) groups is 2. The first-order valence-corrected chi connectivity index (χ1v) is 12.1. The molecular formula is C28H31N2O4+. The number of methoxy groups -OCH3 is 1. The summed E-state index contributed by atoms with van der Waals surface area (Å²) in [4.78, 5) is 30.1. The molecule has 0 amide bonds. The van der Waals surface area contributed by atoms with Gasteiger partial charge in [0.15, 0.2) is 18.2 Å². The van der Waals surface area contributed by atoms with Crippen LogP contribution in [0.4, 0.5) is 0 Å². The monoisotopic (exact) mass is 459 g/mol. The number of H-pyrrole nitrogens is 1. The number of aromatic nitrogens is 1. The van der Waals surface area contributed by atoms with Crippen LogP contribution in [0.5, 0.6) is 5.75 Å². The van der Waals surface area contributed by atoms with E-state index < -0.39 is 5.92 Å². The average Bonchev–Trinajstić information content (AvgIpc) is 3.36. The molecule has 0 spiro atoms. The van der Waals surface area contributed by atoms with Crippen molar-refractivity contribution in [2.75, 3.05) is 7.11 Å². The Morgan fingerprint density at radius 3 is 2.38 bits per heavy atom. The van der Waals surface area contributed by atoms with E-state index in [9.17, 15) is 9.59 Å². The van der Waals surface area contributed by atoms with Crippen LogP contribution in [0.2, 0.25) is 0 Å². The Morgan fingerprint density at radius 2 is 1.71 bits per heavy atom. The fourth-order valence-electron chi connectivity index (χ4n) is 5.57. The lowest BCUT2D eigenvalue weighted by atomic mass is 9.72. The molecule has 5 rings (SSSR count). The molecule has 1 aromatic carbocycles. The molecule has 1 aliphatic heterocycles. The fourth-order valence-corrected chi connectivity index (χ4v) is 5.57. The summed E-state index contributed by atoms with van der Waals surface area (Å²) in [5, 5.41) is 3.43. The van der Waals surface area contributed by atoms with E-state index in [1.807, 2.05) is 55.7 Å². The molecule has 2 aliphatic carbocycles. The topological polar surface area (TPSA) is 78.8 Å². The number of ketones is 1. The van der Waals surface area contributed by atoms with Crippen LogP contribution in [0.3, 0.4) is 0 Å². The molecule has 0 bridgehead atoms. The molecule has 2 aromatic rings. The van der Waals surface area contributed by atoms with E-state index in [-0.39, 0.29) is 23.8 Å². The van der Waals surface area contributed by atoms with E-state index in [1.165, 1.54) is 0 Å². The summed E-state index contributed by atoms with van der Waals surface area (Å²) >= 11 is 0. The van der Waals surface area contributed by atoms with Gasteiger partial charge >= 0.3 is 5.97 Å². The van der Waals surface area contributed by atoms with Crippen LogP contribution in [0, 0.1) is 0 Å². The van der Waals surface area contributed by atoms with E-state index in [2.05, 4.69) is 10.3 Å². The summed E-state index contributed by atoms with van der Waals surface area (Å²) in [7, 11) is 1.65. The summed E-state index contributed by atoms with van der Waals surface area (Å²) in [5.74, 6) is 0.211. The number of hydrogen-bond donors (Lipinski definition) is 1. The van der Waals surface area contributed by atoms with Gasteiger partial charge in [-0.05, 0) is 68.2 Å². The number of hydrogen-bond acceptors (Lipinski definition) is 5. The zero-order chi connectivity index (χ0) is 23.7. The van der Waals surface area contributed by atoms with Gasteiger partial charge in [0, 0.05) is 41.4 Å². The predicted octanol–water partition coefficient (Wildman–Crippen LogP) is 4.36. The van der Waals surface area contributed by atoms with Crippen LogP contribution < -0.4 is 15.0 Å². The molecule has 2 atom stereocenters. The summed E-state index contributed by atoms with van der Waals surface area (Å²) in [6.45, 7) is 1.92. The Balaban J connectivity index is 1.50. The Bertz CT molecular complexity index is 1140. The van der Waals surface area contributed by atoms with Crippen molar-refractivity contribution in [3.05, 3.63) is 82.5 Å². The highest BCUT2D eigenvalue weighted by Crippen LogP contribution is 2.46. The third kappa shape index (κ3) is 4.25. The molecule has 34 heavy (non-hydrogen) atoms. The Morgan fingerprint density at radius 1 is 1.00 bits per heavy atom. The lowest BCUT2D eigenvalue weighted by molar-refractivity contribution is -0.378. The summed E-state index contributed by atoms with van der Waals surface area (Å²) < 4.78 is 11.2. The zero-order valence-electron chi connectivity index (χ0n) is 19.7. The Hall–Kier alpha value is -3.41. The van der Waals surface area contributed by atoms with E-state index in [4.69, 9.17) is 9.47 Å². The van der Waals surface area contributed by atoms with E-state index in [0.29, 0.717) is 24.0 Å². The molecule has 0 saturated heterocycles. The molecular weight excluding hydrogens is 428 g/mol. The minimum atomic E-state index is -0.427. The van der Waals surface area contributed by atoms with Crippen LogP contribution in [-0.4, -0.2) is 25.0 Å². The zero-order valence-corrected chi connectivity index (χ0v) is 19.7. The highest BCUT2D eigenvalue weighted by atomic mass is 16.5. The smallest absolute Gasteiger partial charge is 0.337 e. The van der Waals surface area contributed by atoms with E-state index in [1.54, 1.807) is 7.11 Å². The van der Waals surface area contributed by atoms with Gasteiger partial charge in [0.05, 0.1) is 12.7 Å². The number of Topliss-reactive ketones (excluding diaryl/α,β-unsaturated/α-hetero) is 1. The molecule has 1 fully saturated rings. The second-order valence-electron chi connectivity index (χ2n) is 9.44. The van der Waals surface area contributed by atoms with Gasteiger partial charge in [0.25, 0.3) is 0 Å². The number of benzene rings is 1. The maximum Gasteiger partial charge on any atom is 0.337 e. The Kier molecular flexibility index (Phi) is 6.22. The molecule has 3 aliphatic rings. The number of dihydropyridines is 1. The van der Waals surface area contributed by atoms with Crippen molar-refractivity contribution in [1.29, 1.82) is 0 Å². The lowest BCUT2D eigenvalue weighted by Gasteiger charge is -2.36. The minimum Gasteiger partial charge on any atom is -0.497 e. The summed E-state index contributed by atoms with van der Waals surface area (Å²) in [6, 6.07) is 11.8. The number of esters is 1. The molecule has 2 N–H and O–H groups in total. The van der Waals surface area contributed by atoms with Gasteiger partial charge in [-0.2, -0.15) is 0 Å². The second kappa shape index (κ2) is 9.45. The van der Waals surface area contributed by atoms with Gasteiger partial charge < -0.3 is 14.8 Å². The largest absolute Gasteiger partial charge is 0.497 e. The number of rotatable bonds is 5. The molecule has 2 heterocycles. The maximum atomic E-state index is 13.6. The molecule has 1 saturated carbocycles. The van der Waals surface area contributed by atoms with Crippen molar-refractivity contribution < 1.29 is 24.0 Å². The van der Waals surface area contributed by atoms with Crippen LogP contribution in [0.1, 0.15) is 68.4 Å². The number of aromatic amines is 1. The molecule has 1 aromatic heterocycles. The molecule has 6 nitrogen and oxygen atoms in total. The summed E-state index contributed by atoms with van der Waals surface area (Å²) in [5.41, 5.74) is 4.95. The maximum absolute atomic E-state index is 13.6. The van der Waals surface area contributed by atoms with Crippen LogP contribution >= 0.6 is 0 Å². The van der Waals surface area contributed by atoms with Crippen LogP contribution in [0.15, 0.2) is 71.3 Å². The van der Waals surface area contributed by atoms with Crippen LogP contribution in [-0.2, 0) is 14.3 Å². The fraction of sp³-hybridized carbons (Fsp3) is 0.393. The quantitative estimate of drug-likeness (QED) is 0.673. The molecule has 2 unspecified atom stereocenters. The van der Waals surface area contributed by atoms with Crippen molar-refractivity contribution in [2.24, 2.45) is 0 Å². The van der Waals surface area contributed by atoms with Crippen molar-refractivity contribution in [2.45, 2.75) is 63.4 Å². The number of ether oxygens (including phenoxy) is 2. The molecule has 6 heteroatoms. The normalized spacial score (nSPS) is 22.9. The average molecular weight is 460 g/mol. The van der Waals surface area contributed by atoms with Crippen molar-refractivity contribution in [3.63, 3.8) is 0 Å². The predicted molar refractivity (Wildman–Crippen MR) is 127 cm³/mol. The molecule has 176 valence electrons. The molecule has 0 radical (unpaired) electrons. The van der Waals surface area contributed by atoms with Gasteiger partial charge in [0.2, 0.25) is 0 Å². The van der Waals surface area contributed by atoms with Gasteiger partial charge in [0.1, 0.15) is 11.9 Å². The number of carbonyl (C=O) groups excluding carboxylic acids is 2. The number of allylic oxidation sites excluding steroid dienone is 3. The Labute approximate surface area is 200 Å². The van der Waals surface area contributed by atoms with Crippen molar-refractivity contribution in [3.8, 4) is 5.75 Å². The van der Waals surface area contributed by atoms with Gasteiger partial charge in [-0.3, -0.25) is 4.79 Å². The second-order valence-corrected chi connectivity index (χ2v) is 9.44. The van der Waals surface area contributed by atoms with Gasteiger partial charge in [-0.1, -0.05) is 12.1 Å². The first kappa shape index (κ1) is 22.4. The van der Waals surface area contributed by atoms with Crippen molar-refractivity contribution >= 4 is 11.8 Å². The first-order valence-electron chi connectivity index (χ1n) is 12.1. The van der Waals surface area contributed by atoms with Crippen molar-refractivity contribution in [1.82, 2.24) is 5.32 Å². The third-order valence-corrected chi connectivity index (χ3v) is 7.29. The van der Waals surface area contributed by atoms with Gasteiger partial charge in [-0.15, -0.1) is 0 Å². The standard InChI is InChI=1S/C28H30N2O4/c1-17-25(28(32)34-22-5-3-4-6-22)26(19-11-13-29-14-12-19)27-23(30-17)15-20(16-24(27)31)18-7-9-21(33-2)10-8-18/h7-14,20,22,26,30H,3-6,15-16H2,1-2H3/p+1. The van der Waals surface area contributed by atoms with E-state index >= 15 is 0 Å². The van der Waals surface area contributed by atoms with Gasteiger partial charge in [-0.25, -0.2) is 9.78 Å². The number of nitrogens with one attached hydrogen (secondary N) is 2. The highest BCUT2D eigenvalue weighted by Gasteiger charge is 2.42. The van der Waals surface area contributed by atoms with E-state index in [0.717, 1.165) is 54.0 Å². The van der Waals surface area contributed by atoms with Crippen LogP contribution in [0.25, 0.3) is 0 Å².